The molecule has 0 fully saturated rings. The maximum Gasteiger partial charge on any atom is 0.160 e. The van der Waals surface area contributed by atoms with Crippen molar-refractivity contribution in [2.24, 2.45) is 0 Å². The number of benzene rings is 14. The van der Waals surface area contributed by atoms with Crippen LogP contribution in [0.4, 0.5) is 28.4 Å². The smallest absolute Gasteiger partial charge is 0.160 e. The summed E-state index contributed by atoms with van der Waals surface area (Å²) in [5.41, 5.74) is 24.4. The average molecular weight is 1240 g/mol. The number of nitrogens with zero attached hydrogens (tertiary/aromatic N) is 1. The summed E-state index contributed by atoms with van der Waals surface area (Å²) in [7, 11) is 0. The quantitative estimate of drug-likeness (QED) is 0.173. The van der Waals surface area contributed by atoms with Gasteiger partial charge in [0, 0.05) is 53.9 Å². The molecule has 5 heteroatoms. The van der Waals surface area contributed by atoms with Crippen LogP contribution >= 0.6 is 15.9 Å². The second-order valence-corrected chi connectivity index (χ2v) is 25.9. The van der Waals surface area contributed by atoms with Gasteiger partial charge in [0.1, 0.15) is 11.2 Å². The highest BCUT2D eigenvalue weighted by Gasteiger charge is 2.37. The number of fused-ring (bicyclic) bond motifs is 16. The van der Waals surface area contributed by atoms with Crippen molar-refractivity contribution in [3.63, 3.8) is 0 Å². The first-order valence-electron chi connectivity index (χ1n) is 31.2. The second kappa shape index (κ2) is 22.4. The Morgan fingerprint density at radius 1 is 0.330 bits per heavy atom. The molecule has 2 aliphatic rings. The van der Waals surface area contributed by atoms with Gasteiger partial charge in [0.15, 0.2) is 11.2 Å². The van der Waals surface area contributed by atoms with E-state index in [0.717, 1.165) is 71.4 Å². The van der Waals surface area contributed by atoms with Crippen molar-refractivity contribution in [2.45, 2.75) is 38.5 Å². The molecule has 1 N–H and O–H groups in total. The summed E-state index contributed by atoms with van der Waals surface area (Å²) in [6.45, 7) is 9.31. The van der Waals surface area contributed by atoms with E-state index in [2.05, 4.69) is 333 Å². The van der Waals surface area contributed by atoms with E-state index < -0.39 is 0 Å². The van der Waals surface area contributed by atoms with E-state index in [1.54, 1.807) is 0 Å². The Balaban J connectivity index is 0.000000125. The highest BCUT2D eigenvalue weighted by atomic mass is 79.9. The van der Waals surface area contributed by atoms with Crippen LogP contribution in [0.3, 0.4) is 0 Å². The Hall–Kier alpha value is -10.7. The van der Waals surface area contributed by atoms with Crippen molar-refractivity contribution in [3.05, 3.63) is 330 Å². The summed E-state index contributed by atoms with van der Waals surface area (Å²) in [6.07, 6.45) is 0. The zero-order chi connectivity index (χ0) is 61.4. The van der Waals surface area contributed by atoms with Crippen LogP contribution in [0, 0.1) is 0 Å². The summed E-state index contributed by atoms with van der Waals surface area (Å²) in [4.78, 5) is 2.38. The van der Waals surface area contributed by atoms with Crippen molar-refractivity contribution < 1.29 is 8.83 Å². The van der Waals surface area contributed by atoms with Crippen LogP contribution in [0.15, 0.2) is 317 Å². The number of hydrogen-bond donors (Lipinski definition) is 1. The summed E-state index contributed by atoms with van der Waals surface area (Å²) in [5.74, 6) is 0. The molecule has 2 heterocycles. The standard InChI is InChI=1S/C43H31NO.C31H23NO.C12H9Br/c1-43(2)37-18-10-8-16-34(37)35-25-24-32(27-38(35)43)44(31-22-20-29(21-23-31)28-12-4-3-5-13-28)39-26-30-14-6-7-15-33(30)41-36-17-9-11-19-40(36)45-42(39)41;1-31(2)25-13-7-5-11-22(25)23-16-15-20(18-26(23)31)32-27-17-19-9-3-4-10-21(19)29-24-12-6-8-14-28(24)33-30(27)29;13-12-8-6-11(7-9-12)10-4-2-1-3-5-10/h3-27H,1-2H3;3-18,32H,1-2H3;1-9H. The highest BCUT2D eigenvalue weighted by molar-refractivity contribution is 9.10. The molecule has 2 aliphatic carbocycles. The van der Waals surface area contributed by atoms with E-state index in [1.165, 1.54) is 93.7 Å². The van der Waals surface area contributed by atoms with Crippen molar-refractivity contribution in [2.75, 3.05) is 10.2 Å². The lowest BCUT2D eigenvalue weighted by molar-refractivity contribution is 0.660. The molecule has 0 spiro atoms. The van der Waals surface area contributed by atoms with E-state index in [1.807, 2.05) is 24.3 Å². The molecule has 0 aliphatic heterocycles. The molecule has 16 aromatic rings. The third kappa shape index (κ3) is 9.67. The first-order chi connectivity index (χ1) is 44.5. The predicted octanol–water partition coefficient (Wildman–Crippen LogP) is 25.1. The fourth-order valence-electron chi connectivity index (χ4n) is 14.3. The first kappa shape index (κ1) is 55.6. The predicted molar refractivity (Wildman–Crippen MR) is 387 cm³/mol. The Labute approximate surface area is 538 Å². The number of para-hydroxylation sites is 2. The van der Waals surface area contributed by atoms with Gasteiger partial charge in [-0.1, -0.05) is 274 Å². The van der Waals surface area contributed by atoms with Crippen molar-refractivity contribution >= 4 is 110 Å². The molecule has 91 heavy (non-hydrogen) atoms. The van der Waals surface area contributed by atoms with E-state index in [-0.39, 0.29) is 10.8 Å². The molecular weight excluding hydrogens is 1170 g/mol. The molecule has 2 aromatic heterocycles. The second-order valence-electron chi connectivity index (χ2n) is 24.9. The number of anilines is 5. The fraction of sp³-hybridized carbons (Fsp3) is 0.0698. The first-order valence-corrected chi connectivity index (χ1v) is 32.0. The molecule has 0 radical (unpaired) electrons. The molecule has 0 bridgehead atoms. The average Bonchev–Trinajstić information content (AvgIpc) is 1.69. The minimum absolute atomic E-state index is 0.0261. The van der Waals surface area contributed by atoms with E-state index in [4.69, 9.17) is 8.83 Å². The van der Waals surface area contributed by atoms with Gasteiger partial charge < -0.3 is 19.1 Å². The van der Waals surface area contributed by atoms with E-state index >= 15 is 0 Å². The van der Waals surface area contributed by atoms with E-state index in [9.17, 15) is 0 Å². The van der Waals surface area contributed by atoms with Gasteiger partial charge in [-0.15, -0.1) is 0 Å². The molecule has 0 unspecified atom stereocenters. The summed E-state index contributed by atoms with van der Waals surface area (Å²) in [6, 6.07) is 108. The van der Waals surface area contributed by atoms with Gasteiger partial charge in [-0.3, -0.25) is 0 Å². The molecule has 436 valence electrons. The number of hydrogen-bond acceptors (Lipinski definition) is 4. The zero-order valence-electron chi connectivity index (χ0n) is 51.0. The van der Waals surface area contributed by atoms with Gasteiger partial charge in [0.25, 0.3) is 0 Å². The normalized spacial score (nSPS) is 13.1. The summed E-state index contributed by atoms with van der Waals surface area (Å²) in [5, 5.41) is 13.1. The topological polar surface area (TPSA) is 41.6 Å². The molecule has 14 aromatic carbocycles. The zero-order valence-corrected chi connectivity index (χ0v) is 52.6. The van der Waals surface area contributed by atoms with Gasteiger partial charge >= 0.3 is 0 Å². The van der Waals surface area contributed by atoms with Gasteiger partial charge in [0.2, 0.25) is 0 Å². The lowest BCUT2D eigenvalue weighted by Gasteiger charge is -2.28. The van der Waals surface area contributed by atoms with Gasteiger partial charge in [-0.25, -0.2) is 0 Å². The number of rotatable bonds is 7. The van der Waals surface area contributed by atoms with Crippen molar-refractivity contribution in [1.29, 1.82) is 0 Å². The molecule has 0 amide bonds. The van der Waals surface area contributed by atoms with Crippen molar-refractivity contribution in [1.82, 2.24) is 0 Å². The Bertz CT molecular complexity index is 5450. The lowest BCUT2D eigenvalue weighted by atomic mass is 9.82. The van der Waals surface area contributed by atoms with E-state index in [0.29, 0.717) is 0 Å². The van der Waals surface area contributed by atoms with Gasteiger partial charge in [-0.2, -0.15) is 0 Å². The van der Waals surface area contributed by atoms with Crippen LogP contribution in [0.5, 0.6) is 0 Å². The minimum atomic E-state index is -0.108. The number of furan rings is 2. The Kier molecular flexibility index (Phi) is 13.7. The van der Waals surface area contributed by atoms with Crippen LogP contribution in [0.25, 0.3) is 110 Å². The minimum Gasteiger partial charge on any atom is -0.454 e. The monoisotopic (exact) mass is 1230 g/mol. The van der Waals surface area contributed by atoms with Crippen LogP contribution in [-0.2, 0) is 10.8 Å². The number of nitrogens with one attached hydrogen (secondary N) is 1. The number of halogens is 1. The Morgan fingerprint density at radius 3 is 1.33 bits per heavy atom. The molecule has 18 rings (SSSR count). The van der Waals surface area contributed by atoms with Crippen LogP contribution in [-0.4, -0.2) is 0 Å². The summed E-state index contributed by atoms with van der Waals surface area (Å²) < 4.78 is 14.3. The SMILES string of the molecule is Brc1ccc(-c2ccccc2)cc1.CC1(C)c2ccccc2-c2ccc(N(c3ccc(-c4ccccc4)cc3)c3cc4ccccc4c4c3oc3ccccc34)cc21.CC1(C)c2ccccc2-c2ccc(Nc3cc4ccccc4c4c3oc3ccccc34)cc21. The fourth-order valence-corrected chi connectivity index (χ4v) is 14.6. The maximum absolute atomic E-state index is 6.75. The molecule has 0 saturated carbocycles. The third-order valence-electron chi connectivity index (χ3n) is 18.8. The van der Waals surface area contributed by atoms with Gasteiger partial charge in [0.05, 0.1) is 11.4 Å². The maximum atomic E-state index is 6.75. The summed E-state index contributed by atoms with van der Waals surface area (Å²) >= 11 is 3.42. The largest absolute Gasteiger partial charge is 0.454 e. The van der Waals surface area contributed by atoms with Crippen LogP contribution < -0.4 is 10.2 Å². The molecule has 0 atom stereocenters. The van der Waals surface area contributed by atoms with Crippen LogP contribution in [0.1, 0.15) is 49.9 Å². The third-order valence-corrected chi connectivity index (χ3v) is 19.4. The molecular formula is C86H63BrN2O2. The molecule has 0 saturated heterocycles. The van der Waals surface area contributed by atoms with Gasteiger partial charge in [-0.05, 0) is 161 Å². The van der Waals surface area contributed by atoms with Crippen LogP contribution in [0.2, 0.25) is 0 Å². The highest BCUT2D eigenvalue weighted by Crippen LogP contribution is 2.53. The lowest BCUT2D eigenvalue weighted by Crippen LogP contribution is -2.16. The Morgan fingerprint density at radius 2 is 0.747 bits per heavy atom. The molecule has 4 nitrogen and oxygen atoms in total. The van der Waals surface area contributed by atoms with Crippen molar-refractivity contribution in [3.8, 4) is 44.5 Å².